The zero-order valence-electron chi connectivity index (χ0n) is 15.6. The van der Waals surface area contributed by atoms with E-state index in [0.717, 1.165) is 24.2 Å². The summed E-state index contributed by atoms with van der Waals surface area (Å²) in [5, 5.41) is 2.57. The second-order valence-electron chi connectivity index (χ2n) is 6.55. The summed E-state index contributed by atoms with van der Waals surface area (Å²) in [5.74, 6) is -1.63. The van der Waals surface area contributed by atoms with E-state index >= 15 is 0 Å². The quantitative estimate of drug-likeness (QED) is 0.790. The summed E-state index contributed by atoms with van der Waals surface area (Å²) >= 11 is 0. The van der Waals surface area contributed by atoms with Crippen molar-refractivity contribution >= 4 is 23.5 Å². The highest BCUT2D eigenvalue weighted by atomic mass is 16.5. The number of nitrogens with one attached hydrogen (secondary N) is 1. The number of ether oxygens (including phenoxy) is 2. The van der Waals surface area contributed by atoms with Gasteiger partial charge in [0.2, 0.25) is 0 Å². The van der Waals surface area contributed by atoms with Crippen molar-refractivity contribution in [2.45, 2.75) is 32.7 Å². The first kappa shape index (κ1) is 18.7. The minimum absolute atomic E-state index is 0.229. The summed E-state index contributed by atoms with van der Waals surface area (Å²) in [5.41, 5.74) is 2.88. The topological polar surface area (TPSA) is 86.6 Å². The molecule has 1 aromatic carbocycles. The molecule has 1 aromatic heterocycles. The van der Waals surface area contributed by atoms with Crippen LogP contribution >= 0.6 is 0 Å². The molecule has 7 nitrogen and oxygen atoms in total. The molecule has 0 unspecified atom stereocenters. The van der Waals surface area contributed by atoms with E-state index in [-0.39, 0.29) is 5.56 Å². The SMILES string of the molecule is COC(=O)c1ccccc1NC(=O)COC(=O)c1cc(C)n(C2CC2)c1C. The van der Waals surface area contributed by atoms with Gasteiger partial charge in [0, 0.05) is 17.4 Å². The molecule has 1 aliphatic rings. The Morgan fingerprint density at radius 1 is 1.11 bits per heavy atom. The number of methoxy groups -OCH3 is 1. The van der Waals surface area contributed by atoms with Gasteiger partial charge in [-0.1, -0.05) is 12.1 Å². The predicted octanol–water partition coefficient (Wildman–Crippen LogP) is 3.02. The van der Waals surface area contributed by atoms with Crippen molar-refractivity contribution < 1.29 is 23.9 Å². The molecular formula is C20H22N2O5. The van der Waals surface area contributed by atoms with Crippen LogP contribution < -0.4 is 5.32 Å². The Balaban J connectivity index is 1.62. The molecule has 1 N–H and O–H groups in total. The van der Waals surface area contributed by atoms with Crippen molar-refractivity contribution in [2.24, 2.45) is 0 Å². The molecule has 27 heavy (non-hydrogen) atoms. The van der Waals surface area contributed by atoms with Crippen LogP contribution in [0.1, 0.15) is 51.0 Å². The van der Waals surface area contributed by atoms with E-state index in [2.05, 4.69) is 14.6 Å². The molecule has 0 spiro atoms. The molecule has 1 heterocycles. The van der Waals surface area contributed by atoms with E-state index in [1.165, 1.54) is 7.11 Å². The first-order chi connectivity index (χ1) is 12.9. The number of esters is 2. The lowest BCUT2D eigenvalue weighted by atomic mass is 10.2. The highest BCUT2D eigenvalue weighted by Gasteiger charge is 2.29. The first-order valence-corrected chi connectivity index (χ1v) is 8.75. The third-order valence-corrected chi connectivity index (χ3v) is 4.56. The number of benzene rings is 1. The van der Waals surface area contributed by atoms with E-state index in [4.69, 9.17) is 4.74 Å². The number of rotatable bonds is 6. The Kier molecular flexibility index (Phi) is 5.30. The minimum atomic E-state index is -0.560. The Bertz CT molecular complexity index is 896. The van der Waals surface area contributed by atoms with Crippen LogP contribution in [0.3, 0.4) is 0 Å². The van der Waals surface area contributed by atoms with E-state index in [0.29, 0.717) is 17.3 Å². The zero-order valence-corrected chi connectivity index (χ0v) is 15.6. The van der Waals surface area contributed by atoms with E-state index in [9.17, 15) is 14.4 Å². The van der Waals surface area contributed by atoms with Crippen molar-refractivity contribution in [3.63, 3.8) is 0 Å². The van der Waals surface area contributed by atoms with E-state index in [1.54, 1.807) is 30.3 Å². The van der Waals surface area contributed by atoms with Gasteiger partial charge < -0.3 is 19.4 Å². The van der Waals surface area contributed by atoms with Crippen LogP contribution in [-0.4, -0.2) is 36.1 Å². The fourth-order valence-corrected chi connectivity index (χ4v) is 3.15. The van der Waals surface area contributed by atoms with Crippen LogP contribution in [0.25, 0.3) is 0 Å². The van der Waals surface area contributed by atoms with E-state index in [1.807, 2.05) is 13.8 Å². The van der Waals surface area contributed by atoms with Crippen LogP contribution in [0.2, 0.25) is 0 Å². The monoisotopic (exact) mass is 370 g/mol. The number of aryl methyl sites for hydroxylation is 1. The Hall–Kier alpha value is -3.09. The van der Waals surface area contributed by atoms with Gasteiger partial charge in [0.25, 0.3) is 5.91 Å². The van der Waals surface area contributed by atoms with Gasteiger partial charge >= 0.3 is 11.9 Å². The van der Waals surface area contributed by atoms with E-state index < -0.39 is 24.5 Å². The lowest BCUT2D eigenvalue weighted by Gasteiger charge is -2.10. The molecule has 1 amide bonds. The van der Waals surface area contributed by atoms with Crippen molar-refractivity contribution in [3.8, 4) is 0 Å². The maximum Gasteiger partial charge on any atom is 0.340 e. The third kappa shape index (κ3) is 4.02. The normalized spacial score (nSPS) is 13.1. The summed E-state index contributed by atoms with van der Waals surface area (Å²) in [4.78, 5) is 36.2. The molecule has 1 saturated carbocycles. The van der Waals surface area contributed by atoms with Crippen LogP contribution in [-0.2, 0) is 14.3 Å². The molecule has 0 saturated heterocycles. The molecule has 2 aromatic rings. The average molecular weight is 370 g/mol. The standard InChI is InChI=1S/C20H22N2O5/c1-12-10-16(13(2)22(12)14-8-9-14)20(25)27-11-18(23)21-17-7-5-4-6-15(17)19(24)26-3/h4-7,10,14H,8-9,11H2,1-3H3,(H,21,23). The van der Waals surface area contributed by atoms with Gasteiger partial charge in [-0.2, -0.15) is 0 Å². The summed E-state index contributed by atoms with van der Waals surface area (Å²) < 4.78 is 12.0. The lowest BCUT2D eigenvalue weighted by Crippen LogP contribution is -2.22. The number of carbonyl (C=O) groups excluding carboxylic acids is 3. The summed E-state index contributed by atoms with van der Waals surface area (Å²) in [6.45, 7) is 3.40. The van der Waals surface area contributed by atoms with Gasteiger partial charge in [-0.25, -0.2) is 9.59 Å². The van der Waals surface area contributed by atoms with Gasteiger partial charge in [-0.05, 0) is 44.9 Å². The number of hydrogen-bond acceptors (Lipinski definition) is 5. The molecule has 1 fully saturated rings. The smallest absolute Gasteiger partial charge is 0.340 e. The van der Waals surface area contributed by atoms with Crippen molar-refractivity contribution in [3.05, 3.63) is 52.8 Å². The zero-order chi connectivity index (χ0) is 19.6. The second-order valence-corrected chi connectivity index (χ2v) is 6.55. The fourth-order valence-electron chi connectivity index (χ4n) is 3.15. The molecule has 0 bridgehead atoms. The number of aromatic nitrogens is 1. The highest BCUT2D eigenvalue weighted by Crippen LogP contribution is 2.38. The molecule has 3 rings (SSSR count). The minimum Gasteiger partial charge on any atom is -0.465 e. The fraction of sp³-hybridized carbons (Fsp3) is 0.350. The summed E-state index contributed by atoms with van der Waals surface area (Å²) in [7, 11) is 1.26. The molecule has 7 heteroatoms. The number of nitrogens with zero attached hydrogens (tertiary/aromatic N) is 1. The van der Waals surface area contributed by atoms with Gasteiger partial charge in [0.15, 0.2) is 6.61 Å². The molecule has 1 aliphatic carbocycles. The summed E-state index contributed by atoms with van der Waals surface area (Å²) in [6, 6.07) is 8.72. The van der Waals surface area contributed by atoms with Gasteiger partial charge in [0.05, 0.1) is 23.9 Å². The van der Waals surface area contributed by atoms with Crippen LogP contribution in [0.15, 0.2) is 30.3 Å². The Labute approximate surface area is 157 Å². The Morgan fingerprint density at radius 2 is 1.81 bits per heavy atom. The number of amides is 1. The molecule has 142 valence electrons. The molecule has 0 aliphatic heterocycles. The Morgan fingerprint density at radius 3 is 2.48 bits per heavy atom. The molecule has 0 atom stereocenters. The number of carbonyl (C=O) groups is 3. The van der Waals surface area contributed by atoms with Crippen LogP contribution in [0, 0.1) is 13.8 Å². The predicted molar refractivity (Wildman–Crippen MR) is 98.9 cm³/mol. The first-order valence-electron chi connectivity index (χ1n) is 8.75. The van der Waals surface area contributed by atoms with Crippen molar-refractivity contribution in [1.82, 2.24) is 4.57 Å². The second kappa shape index (κ2) is 7.65. The third-order valence-electron chi connectivity index (χ3n) is 4.56. The van der Waals surface area contributed by atoms with Crippen molar-refractivity contribution in [2.75, 3.05) is 19.0 Å². The largest absolute Gasteiger partial charge is 0.465 e. The highest BCUT2D eigenvalue weighted by molar-refractivity contribution is 6.02. The van der Waals surface area contributed by atoms with Crippen LogP contribution in [0.5, 0.6) is 0 Å². The van der Waals surface area contributed by atoms with Gasteiger partial charge in [-0.3, -0.25) is 4.79 Å². The van der Waals surface area contributed by atoms with Gasteiger partial charge in [0.1, 0.15) is 0 Å². The summed E-state index contributed by atoms with van der Waals surface area (Å²) in [6.07, 6.45) is 2.24. The molecule has 0 radical (unpaired) electrons. The molecular weight excluding hydrogens is 348 g/mol. The maximum atomic E-state index is 12.4. The lowest BCUT2D eigenvalue weighted by molar-refractivity contribution is -0.119. The van der Waals surface area contributed by atoms with Crippen LogP contribution in [0.4, 0.5) is 5.69 Å². The number of hydrogen-bond donors (Lipinski definition) is 1. The number of anilines is 1. The van der Waals surface area contributed by atoms with Gasteiger partial charge in [-0.15, -0.1) is 0 Å². The maximum absolute atomic E-state index is 12.4. The number of para-hydroxylation sites is 1. The average Bonchev–Trinajstić information content (AvgIpc) is 3.44. The van der Waals surface area contributed by atoms with Crippen molar-refractivity contribution in [1.29, 1.82) is 0 Å².